The van der Waals surface area contributed by atoms with Crippen LogP contribution in [0, 0.1) is 0 Å². The minimum atomic E-state index is 0.235. The van der Waals surface area contributed by atoms with Gasteiger partial charge in [-0.25, -0.2) is 4.48 Å². The van der Waals surface area contributed by atoms with Crippen molar-refractivity contribution in [2.75, 3.05) is 13.7 Å². The fourth-order valence-corrected chi connectivity index (χ4v) is 4.48. The van der Waals surface area contributed by atoms with Crippen molar-refractivity contribution < 1.29 is 9.22 Å². The van der Waals surface area contributed by atoms with Crippen molar-refractivity contribution in [2.45, 2.75) is 64.5 Å². The maximum Gasteiger partial charge on any atom is 0.205 e. The van der Waals surface area contributed by atoms with Gasteiger partial charge in [0.15, 0.2) is 0 Å². The Balaban J connectivity index is 1.58. The normalized spacial score (nSPS) is 25.7. The molecule has 1 aromatic carbocycles. The SMILES string of the molecule is C=C(CCOC1CC2=C(CC)[N+]1(C)C=CCCCC2)Cc1ccccc1. The van der Waals surface area contributed by atoms with Gasteiger partial charge in [-0.2, -0.15) is 0 Å². The summed E-state index contributed by atoms with van der Waals surface area (Å²) in [5, 5.41) is 0. The summed E-state index contributed by atoms with van der Waals surface area (Å²) in [7, 11) is 2.33. The number of hydrogen-bond donors (Lipinski definition) is 0. The minimum Gasteiger partial charge on any atom is -0.328 e. The Labute approximate surface area is 159 Å². The predicted octanol–water partition coefficient (Wildman–Crippen LogP) is 6.12. The van der Waals surface area contributed by atoms with Gasteiger partial charge in [0.25, 0.3) is 0 Å². The number of rotatable bonds is 7. The zero-order valence-corrected chi connectivity index (χ0v) is 16.5. The van der Waals surface area contributed by atoms with Crippen LogP contribution in [0.5, 0.6) is 0 Å². The molecule has 0 aliphatic carbocycles. The van der Waals surface area contributed by atoms with E-state index in [0.717, 1.165) is 36.8 Å². The maximum absolute atomic E-state index is 6.43. The average Bonchev–Trinajstić information content (AvgIpc) is 2.93. The van der Waals surface area contributed by atoms with Crippen LogP contribution in [-0.4, -0.2) is 24.4 Å². The lowest BCUT2D eigenvalue weighted by Gasteiger charge is -2.34. The van der Waals surface area contributed by atoms with E-state index in [2.05, 4.69) is 63.2 Å². The zero-order chi connectivity index (χ0) is 18.4. The molecule has 0 aromatic heterocycles. The summed E-state index contributed by atoms with van der Waals surface area (Å²) in [5.74, 6) is 0. The van der Waals surface area contributed by atoms with Crippen LogP contribution in [0.3, 0.4) is 0 Å². The van der Waals surface area contributed by atoms with Crippen LogP contribution in [0.2, 0.25) is 0 Å². The van der Waals surface area contributed by atoms with Gasteiger partial charge in [0, 0.05) is 6.42 Å². The molecule has 0 N–H and O–H groups in total. The van der Waals surface area contributed by atoms with Gasteiger partial charge < -0.3 is 4.74 Å². The molecule has 2 nitrogen and oxygen atoms in total. The molecule has 0 fully saturated rings. The summed E-state index contributed by atoms with van der Waals surface area (Å²) < 4.78 is 7.29. The first-order valence-electron chi connectivity index (χ1n) is 10.2. The lowest BCUT2D eigenvalue weighted by Crippen LogP contribution is -2.44. The first kappa shape index (κ1) is 19.1. The van der Waals surface area contributed by atoms with E-state index in [1.165, 1.54) is 36.8 Å². The molecular formula is C24H34NO+. The van der Waals surface area contributed by atoms with Gasteiger partial charge in [0.2, 0.25) is 6.23 Å². The number of quaternary nitrogens is 1. The van der Waals surface area contributed by atoms with E-state index in [0.29, 0.717) is 0 Å². The molecule has 2 bridgehead atoms. The predicted molar refractivity (Wildman–Crippen MR) is 109 cm³/mol. The Hall–Kier alpha value is -1.64. The minimum absolute atomic E-state index is 0.235. The molecule has 2 heteroatoms. The molecule has 0 saturated carbocycles. The molecular weight excluding hydrogens is 318 g/mol. The zero-order valence-electron chi connectivity index (χ0n) is 16.5. The Kier molecular flexibility index (Phi) is 6.50. The molecule has 3 rings (SSSR count). The summed E-state index contributed by atoms with van der Waals surface area (Å²) in [5.41, 5.74) is 5.82. The third-order valence-corrected chi connectivity index (χ3v) is 5.92. The van der Waals surface area contributed by atoms with E-state index in [-0.39, 0.29) is 6.23 Å². The Morgan fingerprint density at radius 1 is 1.23 bits per heavy atom. The molecule has 2 aliphatic rings. The standard InChI is InChI=1S/C24H34NO/c1-4-23-22-14-10-5-6-11-16-25(23,3)24(19-22)26-17-15-20(2)18-21-12-8-7-9-13-21/h7-9,11-13,16,24H,2,4-6,10,14-15,17-19H2,1,3H3/q+1. The summed E-state index contributed by atoms with van der Waals surface area (Å²) in [6.45, 7) is 7.32. The van der Waals surface area contributed by atoms with Crippen LogP contribution in [0.15, 0.2) is 66.0 Å². The van der Waals surface area contributed by atoms with E-state index < -0.39 is 0 Å². The molecule has 2 atom stereocenters. The fraction of sp³-hybridized carbons (Fsp3) is 0.500. The van der Waals surface area contributed by atoms with Crippen LogP contribution < -0.4 is 0 Å². The second-order valence-corrected chi connectivity index (χ2v) is 7.87. The number of fused-ring (bicyclic) bond motifs is 1. The van der Waals surface area contributed by atoms with Crippen molar-refractivity contribution in [3.63, 3.8) is 0 Å². The lowest BCUT2D eigenvalue weighted by molar-refractivity contribution is -0.868. The molecule has 26 heavy (non-hydrogen) atoms. The van der Waals surface area contributed by atoms with Gasteiger partial charge in [-0.15, -0.1) is 0 Å². The number of allylic oxidation sites excluding steroid dienone is 2. The summed E-state index contributed by atoms with van der Waals surface area (Å²) in [6.07, 6.45) is 14.2. The second-order valence-electron chi connectivity index (χ2n) is 7.87. The highest BCUT2D eigenvalue weighted by atomic mass is 16.5. The largest absolute Gasteiger partial charge is 0.328 e. The highest BCUT2D eigenvalue weighted by Gasteiger charge is 2.43. The van der Waals surface area contributed by atoms with Gasteiger partial charge >= 0.3 is 0 Å². The average molecular weight is 353 g/mol. The highest BCUT2D eigenvalue weighted by molar-refractivity contribution is 5.20. The van der Waals surface area contributed by atoms with Crippen molar-refractivity contribution in [1.29, 1.82) is 0 Å². The Morgan fingerprint density at radius 3 is 2.81 bits per heavy atom. The van der Waals surface area contributed by atoms with Gasteiger partial charge in [-0.3, -0.25) is 0 Å². The molecule has 2 aliphatic heterocycles. The van der Waals surface area contributed by atoms with Crippen LogP contribution in [0.4, 0.5) is 0 Å². The first-order valence-corrected chi connectivity index (χ1v) is 10.2. The van der Waals surface area contributed by atoms with Gasteiger partial charge in [0.1, 0.15) is 5.70 Å². The number of ether oxygens (including phenoxy) is 1. The molecule has 0 radical (unpaired) electrons. The smallest absolute Gasteiger partial charge is 0.205 e. The number of benzene rings is 1. The van der Waals surface area contributed by atoms with E-state index in [1.807, 2.05) is 0 Å². The van der Waals surface area contributed by atoms with Crippen molar-refractivity contribution in [3.8, 4) is 0 Å². The molecule has 1 aromatic rings. The van der Waals surface area contributed by atoms with Crippen molar-refractivity contribution >= 4 is 0 Å². The van der Waals surface area contributed by atoms with Gasteiger partial charge in [-0.1, -0.05) is 49.4 Å². The second kappa shape index (κ2) is 8.83. The molecule has 2 heterocycles. The van der Waals surface area contributed by atoms with Crippen molar-refractivity contribution in [3.05, 3.63) is 71.6 Å². The van der Waals surface area contributed by atoms with Crippen molar-refractivity contribution in [1.82, 2.24) is 0 Å². The molecule has 2 unspecified atom stereocenters. The maximum atomic E-state index is 6.43. The van der Waals surface area contributed by atoms with Crippen molar-refractivity contribution in [2.24, 2.45) is 0 Å². The summed E-state index contributed by atoms with van der Waals surface area (Å²) in [6, 6.07) is 10.6. The third-order valence-electron chi connectivity index (χ3n) is 5.92. The van der Waals surface area contributed by atoms with E-state index in [4.69, 9.17) is 4.74 Å². The van der Waals surface area contributed by atoms with Gasteiger partial charge in [-0.05, 0) is 55.7 Å². The fourth-order valence-electron chi connectivity index (χ4n) is 4.48. The number of nitrogens with zero attached hydrogens (tertiary/aromatic N) is 1. The molecule has 0 spiro atoms. The van der Waals surface area contributed by atoms with E-state index >= 15 is 0 Å². The Morgan fingerprint density at radius 2 is 2.04 bits per heavy atom. The lowest BCUT2D eigenvalue weighted by atomic mass is 10.0. The molecule has 140 valence electrons. The topological polar surface area (TPSA) is 9.23 Å². The van der Waals surface area contributed by atoms with Crippen LogP contribution in [0.25, 0.3) is 0 Å². The Bertz CT molecular complexity index is 673. The first-order chi connectivity index (χ1) is 12.6. The summed E-state index contributed by atoms with van der Waals surface area (Å²) >= 11 is 0. The quantitative estimate of drug-likeness (QED) is 0.424. The summed E-state index contributed by atoms with van der Waals surface area (Å²) in [4.78, 5) is 0. The van der Waals surface area contributed by atoms with E-state index in [9.17, 15) is 0 Å². The van der Waals surface area contributed by atoms with E-state index in [1.54, 1.807) is 11.3 Å². The van der Waals surface area contributed by atoms with Crippen LogP contribution >= 0.6 is 0 Å². The van der Waals surface area contributed by atoms with Crippen LogP contribution in [-0.2, 0) is 11.2 Å². The van der Waals surface area contributed by atoms with Crippen LogP contribution in [0.1, 0.15) is 57.4 Å². The highest BCUT2D eigenvalue weighted by Crippen LogP contribution is 2.41. The molecule has 0 amide bonds. The number of hydrogen-bond acceptors (Lipinski definition) is 1. The monoisotopic (exact) mass is 352 g/mol. The third kappa shape index (κ3) is 4.36. The van der Waals surface area contributed by atoms with Gasteiger partial charge in [0.05, 0.1) is 26.3 Å². The molecule has 0 saturated heterocycles.